The van der Waals surface area contributed by atoms with E-state index in [-0.39, 0.29) is 0 Å². The lowest BCUT2D eigenvalue weighted by molar-refractivity contribution is 0.734. The molecular formula is C20H27N. The number of benzene rings is 2. The van der Waals surface area contributed by atoms with Crippen LogP contribution >= 0.6 is 0 Å². The second-order valence-electron chi connectivity index (χ2n) is 5.53. The van der Waals surface area contributed by atoms with E-state index in [1.54, 1.807) is 0 Å². The Hall–Kier alpha value is -1.76. The van der Waals surface area contributed by atoms with Crippen LogP contribution in [0.4, 0.5) is 5.69 Å². The molecule has 0 aliphatic carbocycles. The fourth-order valence-corrected chi connectivity index (χ4v) is 2.77. The average Bonchev–Trinajstić information content (AvgIpc) is 2.55. The Kier molecular flexibility index (Phi) is 6.33. The van der Waals surface area contributed by atoms with Crippen LogP contribution in [0, 0.1) is 0 Å². The summed E-state index contributed by atoms with van der Waals surface area (Å²) in [5, 5.41) is 0. The summed E-state index contributed by atoms with van der Waals surface area (Å²) in [4.78, 5) is 2.39. The van der Waals surface area contributed by atoms with Crippen LogP contribution < -0.4 is 4.90 Å². The van der Waals surface area contributed by atoms with Crippen LogP contribution in [0.1, 0.15) is 37.8 Å². The molecule has 0 atom stereocenters. The average molecular weight is 281 g/mol. The molecular weight excluding hydrogens is 254 g/mol. The third kappa shape index (κ3) is 4.93. The molecule has 112 valence electrons. The van der Waals surface area contributed by atoms with Gasteiger partial charge in [0.1, 0.15) is 0 Å². The van der Waals surface area contributed by atoms with E-state index >= 15 is 0 Å². The molecule has 2 aromatic rings. The Morgan fingerprint density at radius 3 is 1.71 bits per heavy atom. The molecule has 2 aromatic carbocycles. The molecule has 0 aliphatic heterocycles. The van der Waals surface area contributed by atoms with E-state index in [0.29, 0.717) is 0 Å². The summed E-state index contributed by atoms with van der Waals surface area (Å²) in [5.41, 5.74) is 4.25. The van der Waals surface area contributed by atoms with Crippen molar-refractivity contribution in [3.05, 3.63) is 65.7 Å². The Morgan fingerprint density at radius 1 is 0.667 bits per heavy atom. The molecule has 0 amide bonds. The number of aryl methyl sites for hydroxylation is 2. The van der Waals surface area contributed by atoms with Crippen LogP contribution in [0.5, 0.6) is 0 Å². The van der Waals surface area contributed by atoms with Crippen molar-refractivity contribution in [1.82, 2.24) is 0 Å². The van der Waals surface area contributed by atoms with Gasteiger partial charge in [0.05, 0.1) is 0 Å². The van der Waals surface area contributed by atoms with Gasteiger partial charge in [-0.1, -0.05) is 42.5 Å². The smallest absolute Gasteiger partial charge is 0.0366 e. The predicted molar refractivity (Wildman–Crippen MR) is 93.1 cm³/mol. The summed E-state index contributed by atoms with van der Waals surface area (Å²) in [5.74, 6) is 0. The van der Waals surface area contributed by atoms with Crippen LogP contribution in [-0.4, -0.2) is 13.1 Å². The Morgan fingerprint density at radius 2 is 1.19 bits per heavy atom. The van der Waals surface area contributed by atoms with E-state index in [2.05, 4.69) is 73.3 Å². The van der Waals surface area contributed by atoms with Gasteiger partial charge in [-0.25, -0.2) is 0 Å². The number of hydrogen-bond donors (Lipinski definition) is 0. The minimum Gasteiger partial charge on any atom is -0.372 e. The molecule has 21 heavy (non-hydrogen) atoms. The highest BCUT2D eigenvalue weighted by atomic mass is 15.1. The summed E-state index contributed by atoms with van der Waals surface area (Å²) < 4.78 is 0. The summed E-state index contributed by atoms with van der Waals surface area (Å²) in [6, 6.07) is 19.9. The molecule has 0 fully saturated rings. The molecule has 0 radical (unpaired) electrons. The van der Waals surface area contributed by atoms with Crippen molar-refractivity contribution >= 4 is 5.69 Å². The Bertz CT molecular complexity index is 497. The fraction of sp³-hybridized carbons (Fsp3) is 0.400. The highest BCUT2D eigenvalue weighted by molar-refractivity contribution is 5.47. The summed E-state index contributed by atoms with van der Waals surface area (Å²) in [7, 11) is 0. The van der Waals surface area contributed by atoms with Gasteiger partial charge in [-0.05, 0) is 62.8 Å². The lowest BCUT2D eigenvalue weighted by Gasteiger charge is -2.21. The third-order valence-corrected chi connectivity index (χ3v) is 4.09. The van der Waals surface area contributed by atoms with Gasteiger partial charge >= 0.3 is 0 Å². The van der Waals surface area contributed by atoms with E-state index in [1.165, 1.54) is 42.5 Å². The lowest BCUT2D eigenvalue weighted by Crippen LogP contribution is -2.21. The van der Waals surface area contributed by atoms with Gasteiger partial charge in [0.15, 0.2) is 0 Å². The van der Waals surface area contributed by atoms with Crippen molar-refractivity contribution < 1.29 is 0 Å². The molecule has 0 aromatic heterocycles. The van der Waals surface area contributed by atoms with E-state index in [4.69, 9.17) is 0 Å². The molecule has 0 spiro atoms. The maximum absolute atomic E-state index is 2.39. The van der Waals surface area contributed by atoms with Crippen molar-refractivity contribution in [1.29, 1.82) is 0 Å². The van der Waals surface area contributed by atoms with Gasteiger partial charge in [-0.3, -0.25) is 0 Å². The maximum atomic E-state index is 2.39. The Balaban J connectivity index is 1.76. The monoisotopic (exact) mass is 281 g/mol. The predicted octanol–water partition coefficient (Wildman–Crippen LogP) is 5.10. The molecule has 1 nitrogen and oxygen atoms in total. The fourth-order valence-electron chi connectivity index (χ4n) is 2.77. The number of nitrogens with zero attached hydrogens (tertiary/aromatic N) is 1. The van der Waals surface area contributed by atoms with Crippen molar-refractivity contribution in [3.63, 3.8) is 0 Å². The van der Waals surface area contributed by atoms with E-state index < -0.39 is 0 Å². The van der Waals surface area contributed by atoms with Crippen LogP contribution in [-0.2, 0) is 12.8 Å². The zero-order valence-corrected chi connectivity index (χ0v) is 13.4. The highest BCUT2D eigenvalue weighted by Crippen LogP contribution is 2.16. The van der Waals surface area contributed by atoms with Crippen LogP contribution in [0.15, 0.2) is 54.6 Å². The normalized spacial score (nSPS) is 10.6. The standard InChI is InChI=1S/C20H27N/c1-3-21(4-2)20-16-14-19(15-17-20)13-9-8-12-18-10-6-5-7-11-18/h5-7,10-11,14-17H,3-4,8-9,12-13H2,1-2H3. The minimum atomic E-state index is 1.08. The zero-order chi connectivity index (χ0) is 14.9. The second kappa shape index (κ2) is 8.51. The number of rotatable bonds is 8. The van der Waals surface area contributed by atoms with Crippen molar-refractivity contribution in [3.8, 4) is 0 Å². The first-order valence-electron chi connectivity index (χ1n) is 8.21. The quantitative estimate of drug-likeness (QED) is 0.609. The highest BCUT2D eigenvalue weighted by Gasteiger charge is 2.01. The molecule has 0 saturated carbocycles. The van der Waals surface area contributed by atoms with Gasteiger partial charge in [0.25, 0.3) is 0 Å². The molecule has 0 N–H and O–H groups in total. The molecule has 0 bridgehead atoms. The van der Waals surface area contributed by atoms with Gasteiger partial charge in [0.2, 0.25) is 0 Å². The van der Waals surface area contributed by atoms with Gasteiger partial charge in [-0.15, -0.1) is 0 Å². The van der Waals surface area contributed by atoms with Crippen molar-refractivity contribution in [2.75, 3.05) is 18.0 Å². The largest absolute Gasteiger partial charge is 0.372 e. The van der Waals surface area contributed by atoms with Crippen LogP contribution in [0.25, 0.3) is 0 Å². The van der Waals surface area contributed by atoms with Crippen molar-refractivity contribution in [2.45, 2.75) is 39.5 Å². The lowest BCUT2D eigenvalue weighted by atomic mass is 10.0. The number of anilines is 1. The number of unbranched alkanes of at least 4 members (excludes halogenated alkanes) is 1. The summed E-state index contributed by atoms with van der Waals surface area (Å²) in [6.07, 6.45) is 4.91. The third-order valence-electron chi connectivity index (χ3n) is 4.09. The summed E-state index contributed by atoms with van der Waals surface area (Å²) >= 11 is 0. The van der Waals surface area contributed by atoms with Gasteiger partial charge in [-0.2, -0.15) is 0 Å². The second-order valence-corrected chi connectivity index (χ2v) is 5.53. The zero-order valence-electron chi connectivity index (χ0n) is 13.4. The molecule has 0 saturated heterocycles. The minimum absolute atomic E-state index is 1.08. The maximum Gasteiger partial charge on any atom is 0.0366 e. The summed E-state index contributed by atoms with van der Waals surface area (Å²) in [6.45, 7) is 6.57. The SMILES string of the molecule is CCN(CC)c1ccc(CCCCc2ccccc2)cc1. The molecule has 0 unspecified atom stereocenters. The topological polar surface area (TPSA) is 3.24 Å². The number of hydrogen-bond acceptors (Lipinski definition) is 1. The van der Waals surface area contributed by atoms with Crippen LogP contribution in [0.3, 0.4) is 0 Å². The first-order valence-corrected chi connectivity index (χ1v) is 8.21. The van der Waals surface area contributed by atoms with E-state index in [9.17, 15) is 0 Å². The van der Waals surface area contributed by atoms with Gasteiger partial charge in [0, 0.05) is 18.8 Å². The molecule has 1 heteroatoms. The van der Waals surface area contributed by atoms with E-state index in [0.717, 1.165) is 13.1 Å². The van der Waals surface area contributed by atoms with E-state index in [1.807, 2.05) is 0 Å². The first kappa shape index (κ1) is 15.6. The Labute approximate surface area is 129 Å². The van der Waals surface area contributed by atoms with Gasteiger partial charge < -0.3 is 4.90 Å². The molecule has 2 rings (SSSR count). The van der Waals surface area contributed by atoms with Crippen LogP contribution in [0.2, 0.25) is 0 Å². The molecule has 0 aliphatic rings. The van der Waals surface area contributed by atoms with Crippen molar-refractivity contribution in [2.24, 2.45) is 0 Å². The first-order chi connectivity index (χ1) is 10.3. The molecule has 0 heterocycles.